The first-order chi connectivity index (χ1) is 26.1. The standard InChI is InChI=1S/C47H31N3O/c1-3-14-30(15-4-1)35-27-26-33(29-40(35)31-16-5-2-6-17-31)45-48-46(39-23-13-25-43-44(39)38-22-11-12-24-42(38)51-43)50-47(49-45)41-28-32-18-7-8-19-34(32)36-20-9-10-21-37(36)41/h1-29,46H,(H,48,49,50)/i11D,23D. The van der Waals surface area contributed by atoms with Crippen molar-refractivity contribution < 1.29 is 7.16 Å². The first-order valence-electron chi connectivity index (χ1n) is 18.1. The summed E-state index contributed by atoms with van der Waals surface area (Å²) in [6, 6.07) is 55.9. The Morgan fingerprint density at radius 3 is 2.06 bits per heavy atom. The van der Waals surface area contributed by atoms with Crippen LogP contribution < -0.4 is 5.32 Å². The molecule has 4 nitrogen and oxygen atoms in total. The minimum absolute atomic E-state index is 0.324. The SMILES string of the molecule is [2H]c1ccc2oc3ccc([2H])c(C4N=C(c5ccc(-c6ccccc6)c(-c6ccccc6)c5)N=C(c5cc6ccccc6c6ccccc56)N4)c3c2c1. The fourth-order valence-corrected chi connectivity index (χ4v) is 7.42. The molecule has 0 spiro atoms. The molecule has 0 radical (unpaired) electrons. The van der Waals surface area contributed by atoms with Gasteiger partial charge in [0.25, 0.3) is 0 Å². The molecule has 0 saturated carbocycles. The predicted molar refractivity (Wildman–Crippen MR) is 211 cm³/mol. The van der Waals surface area contributed by atoms with E-state index in [1.807, 2.05) is 24.3 Å². The van der Waals surface area contributed by atoms with E-state index in [1.165, 1.54) is 5.39 Å². The van der Waals surface area contributed by atoms with Crippen molar-refractivity contribution in [2.24, 2.45) is 9.98 Å². The molecule has 0 saturated heterocycles. The molecule has 0 bridgehead atoms. The fourth-order valence-electron chi connectivity index (χ4n) is 7.42. The third-order valence-electron chi connectivity index (χ3n) is 9.79. The van der Waals surface area contributed by atoms with Gasteiger partial charge in [-0.05, 0) is 68.1 Å². The van der Waals surface area contributed by atoms with Crippen molar-refractivity contribution >= 4 is 55.2 Å². The van der Waals surface area contributed by atoms with E-state index >= 15 is 0 Å². The molecule has 9 aromatic rings. The summed E-state index contributed by atoms with van der Waals surface area (Å²) in [5.74, 6) is 1.23. The molecule has 1 atom stereocenters. The number of para-hydroxylation sites is 1. The number of nitrogens with zero attached hydrogens (tertiary/aromatic N) is 2. The average molecular weight is 656 g/mol. The number of benzene rings is 8. The van der Waals surface area contributed by atoms with Gasteiger partial charge in [-0.15, -0.1) is 0 Å². The lowest BCUT2D eigenvalue weighted by atomic mass is 9.92. The number of amidine groups is 2. The van der Waals surface area contributed by atoms with Gasteiger partial charge in [0.15, 0.2) is 5.84 Å². The van der Waals surface area contributed by atoms with Crippen molar-refractivity contribution in [3.05, 3.63) is 193 Å². The minimum Gasteiger partial charge on any atom is -0.456 e. The molecular weight excluding hydrogens is 623 g/mol. The summed E-state index contributed by atoms with van der Waals surface area (Å²) >= 11 is 0. The molecule has 51 heavy (non-hydrogen) atoms. The lowest BCUT2D eigenvalue weighted by Crippen LogP contribution is -2.33. The van der Waals surface area contributed by atoms with E-state index in [-0.39, 0.29) is 0 Å². The fraction of sp³-hybridized carbons (Fsp3) is 0.0213. The predicted octanol–water partition coefficient (Wildman–Crippen LogP) is 11.7. The van der Waals surface area contributed by atoms with Crippen LogP contribution in [-0.4, -0.2) is 11.7 Å². The maximum absolute atomic E-state index is 9.27. The summed E-state index contributed by atoms with van der Waals surface area (Å²) in [5.41, 5.74) is 8.21. The van der Waals surface area contributed by atoms with Gasteiger partial charge in [-0.25, -0.2) is 9.98 Å². The highest BCUT2D eigenvalue weighted by atomic mass is 16.3. The van der Waals surface area contributed by atoms with E-state index < -0.39 is 6.17 Å². The second kappa shape index (κ2) is 12.0. The molecule has 1 aliphatic heterocycles. The second-order valence-electron chi connectivity index (χ2n) is 12.8. The zero-order valence-corrected chi connectivity index (χ0v) is 27.5. The Morgan fingerprint density at radius 1 is 0.529 bits per heavy atom. The van der Waals surface area contributed by atoms with E-state index in [2.05, 4.69) is 127 Å². The third kappa shape index (κ3) is 5.00. The van der Waals surface area contributed by atoms with Gasteiger partial charge >= 0.3 is 0 Å². The lowest BCUT2D eigenvalue weighted by Gasteiger charge is -2.25. The Balaban J connectivity index is 1.23. The van der Waals surface area contributed by atoms with E-state index in [4.69, 9.17) is 15.8 Å². The van der Waals surface area contributed by atoms with Crippen LogP contribution >= 0.6 is 0 Å². The highest BCUT2D eigenvalue weighted by Gasteiger charge is 2.26. The maximum Gasteiger partial charge on any atom is 0.159 e. The zero-order chi connectivity index (χ0) is 35.5. The number of nitrogens with one attached hydrogen (secondary N) is 1. The van der Waals surface area contributed by atoms with Crippen LogP contribution in [-0.2, 0) is 0 Å². The molecule has 2 heterocycles. The minimum atomic E-state index is -0.678. The van der Waals surface area contributed by atoms with Gasteiger partial charge in [0, 0.05) is 27.5 Å². The van der Waals surface area contributed by atoms with Gasteiger partial charge in [0.05, 0.1) is 2.74 Å². The zero-order valence-electron chi connectivity index (χ0n) is 29.5. The Hall–Kier alpha value is -6.78. The normalized spacial score (nSPS) is 15.0. The van der Waals surface area contributed by atoms with Crippen LogP contribution in [0.5, 0.6) is 0 Å². The second-order valence-corrected chi connectivity index (χ2v) is 12.8. The van der Waals surface area contributed by atoms with Crippen LogP contribution in [0.2, 0.25) is 0 Å². The average Bonchev–Trinajstić information content (AvgIpc) is 3.58. The molecule has 0 aliphatic carbocycles. The summed E-state index contributed by atoms with van der Waals surface area (Å²) in [7, 11) is 0. The molecular formula is C47H31N3O. The molecule has 4 heteroatoms. The van der Waals surface area contributed by atoms with Crippen molar-refractivity contribution in [3.8, 4) is 22.3 Å². The summed E-state index contributed by atoms with van der Waals surface area (Å²) in [6.45, 7) is 0. The van der Waals surface area contributed by atoms with Crippen molar-refractivity contribution in [2.75, 3.05) is 0 Å². The Morgan fingerprint density at radius 2 is 1.24 bits per heavy atom. The van der Waals surface area contributed by atoms with Crippen molar-refractivity contribution in [1.29, 1.82) is 0 Å². The Labute approximate surface area is 297 Å². The van der Waals surface area contributed by atoms with Gasteiger partial charge in [0.2, 0.25) is 0 Å². The van der Waals surface area contributed by atoms with Crippen LogP contribution in [0.25, 0.3) is 65.7 Å². The maximum atomic E-state index is 9.27. The van der Waals surface area contributed by atoms with E-state index in [0.29, 0.717) is 40.5 Å². The smallest absolute Gasteiger partial charge is 0.159 e. The molecule has 8 aromatic carbocycles. The van der Waals surface area contributed by atoms with Crippen molar-refractivity contribution in [2.45, 2.75) is 6.17 Å². The van der Waals surface area contributed by atoms with Crippen molar-refractivity contribution in [1.82, 2.24) is 5.32 Å². The quantitative estimate of drug-likeness (QED) is 0.188. The number of hydrogen-bond acceptors (Lipinski definition) is 4. The summed E-state index contributed by atoms with van der Waals surface area (Å²) < 4.78 is 23.9. The van der Waals surface area contributed by atoms with E-state index in [9.17, 15) is 1.37 Å². The molecule has 240 valence electrons. The first kappa shape index (κ1) is 27.1. The largest absolute Gasteiger partial charge is 0.456 e. The highest BCUT2D eigenvalue weighted by molar-refractivity contribution is 6.22. The summed E-state index contributed by atoms with van der Waals surface area (Å²) in [6.07, 6.45) is -0.678. The van der Waals surface area contributed by atoms with Crippen LogP contribution in [0, 0.1) is 0 Å². The molecule has 1 aliphatic rings. The monoisotopic (exact) mass is 655 g/mol. The van der Waals surface area contributed by atoms with Crippen LogP contribution in [0.15, 0.2) is 190 Å². The summed E-state index contributed by atoms with van der Waals surface area (Å²) in [4.78, 5) is 10.6. The van der Waals surface area contributed by atoms with Crippen LogP contribution in [0.1, 0.15) is 25.6 Å². The number of fused-ring (bicyclic) bond motifs is 6. The first-order valence-corrected chi connectivity index (χ1v) is 17.1. The van der Waals surface area contributed by atoms with Gasteiger partial charge in [-0.3, -0.25) is 0 Å². The van der Waals surface area contributed by atoms with Crippen LogP contribution in [0.3, 0.4) is 0 Å². The Bertz CT molecular complexity index is 2950. The molecule has 10 rings (SSSR count). The van der Waals surface area contributed by atoms with E-state index in [1.54, 1.807) is 18.2 Å². The van der Waals surface area contributed by atoms with Gasteiger partial charge in [-0.1, -0.05) is 152 Å². The highest BCUT2D eigenvalue weighted by Crippen LogP contribution is 2.38. The molecule has 0 amide bonds. The third-order valence-corrected chi connectivity index (χ3v) is 9.79. The van der Waals surface area contributed by atoms with Gasteiger partial charge in [-0.2, -0.15) is 0 Å². The molecule has 1 unspecified atom stereocenters. The number of furan rings is 1. The molecule has 1 aromatic heterocycles. The topological polar surface area (TPSA) is 49.9 Å². The number of hydrogen-bond donors (Lipinski definition) is 1. The number of aliphatic imine (C=N–C) groups is 2. The van der Waals surface area contributed by atoms with Gasteiger partial charge < -0.3 is 9.73 Å². The van der Waals surface area contributed by atoms with Crippen molar-refractivity contribution in [3.63, 3.8) is 0 Å². The molecule has 1 N–H and O–H groups in total. The molecule has 0 fully saturated rings. The van der Waals surface area contributed by atoms with E-state index in [0.717, 1.165) is 60.3 Å². The van der Waals surface area contributed by atoms with Gasteiger partial charge in [0.1, 0.15) is 23.2 Å². The van der Waals surface area contributed by atoms with Crippen LogP contribution in [0.4, 0.5) is 0 Å². The Kier molecular flexibility index (Phi) is 6.36. The summed E-state index contributed by atoms with van der Waals surface area (Å²) in [5, 5.41) is 9.73. The lowest BCUT2D eigenvalue weighted by molar-refractivity contribution is 0.662. The number of rotatable bonds is 5.